The van der Waals surface area contributed by atoms with Crippen LogP contribution in [0.1, 0.15) is 11.3 Å². The second kappa shape index (κ2) is 6.03. The van der Waals surface area contributed by atoms with E-state index in [1.54, 1.807) is 6.26 Å². The number of rotatable bonds is 5. The fourth-order valence-corrected chi connectivity index (χ4v) is 1.85. The summed E-state index contributed by atoms with van der Waals surface area (Å²) in [5.41, 5.74) is 1.22. The molecule has 0 aromatic carbocycles. The lowest BCUT2D eigenvalue weighted by Crippen LogP contribution is -2.40. The van der Waals surface area contributed by atoms with Gasteiger partial charge in [0.2, 0.25) is 0 Å². The summed E-state index contributed by atoms with van der Waals surface area (Å²) in [6.45, 7) is 8.84. The van der Waals surface area contributed by atoms with Crippen LogP contribution < -0.4 is 5.32 Å². The molecule has 1 saturated heterocycles. The van der Waals surface area contributed by atoms with Crippen molar-refractivity contribution in [1.82, 2.24) is 10.2 Å². The fraction of sp³-hybridized carbons (Fsp3) is 0.667. The molecule has 0 unspecified atom stereocenters. The summed E-state index contributed by atoms with van der Waals surface area (Å²) in [6.07, 6.45) is 1.74. The van der Waals surface area contributed by atoms with Gasteiger partial charge < -0.3 is 14.5 Å². The molecular weight excluding hydrogens is 204 g/mol. The molecule has 1 fully saturated rings. The molecule has 16 heavy (non-hydrogen) atoms. The molecule has 2 rings (SSSR count). The predicted octanol–water partition coefficient (Wildman–Crippen LogP) is 1.01. The third-order valence-corrected chi connectivity index (χ3v) is 2.96. The maximum atomic E-state index is 5.36. The number of nitrogens with zero attached hydrogens (tertiary/aromatic N) is 1. The zero-order valence-corrected chi connectivity index (χ0v) is 9.87. The molecule has 1 N–H and O–H groups in total. The molecule has 4 nitrogen and oxygen atoms in total. The lowest BCUT2D eigenvalue weighted by Gasteiger charge is -2.26. The van der Waals surface area contributed by atoms with E-state index in [0.717, 1.165) is 51.7 Å². The van der Waals surface area contributed by atoms with E-state index in [4.69, 9.17) is 9.15 Å². The topological polar surface area (TPSA) is 37.6 Å². The largest absolute Gasteiger partial charge is 0.468 e. The average Bonchev–Trinajstić information content (AvgIpc) is 2.72. The van der Waals surface area contributed by atoms with Crippen LogP contribution in [-0.4, -0.2) is 44.3 Å². The van der Waals surface area contributed by atoms with E-state index in [1.807, 2.05) is 6.07 Å². The molecule has 0 saturated carbocycles. The summed E-state index contributed by atoms with van der Waals surface area (Å²) in [6, 6.07) is 2.00. The number of ether oxygens (including phenoxy) is 1. The maximum Gasteiger partial charge on any atom is 0.120 e. The minimum Gasteiger partial charge on any atom is -0.468 e. The maximum absolute atomic E-state index is 5.36. The average molecular weight is 224 g/mol. The molecule has 0 bridgehead atoms. The Morgan fingerprint density at radius 3 is 2.88 bits per heavy atom. The minimum atomic E-state index is 0.823. The van der Waals surface area contributed by atoms with Crippen LogP contribution in [0.2, 0.25) is 0 Å². The molecule has 0 atom stereocenters. The van der Waals surface area contributed by atoms with Gasteiger partial charge in [-0.1, -0.05) is 0 Å². The van der Waals surface area contributed by atoms with Crippen molar-refractivity contribution >= 4 is 0 Å². The minimum absolute atomic E-state index is 0.823. The van der Waals surface area contributed by atoms with Crippen molar-refractivity contribution in [3.8, 4) is 0 Å². The number of nitrogens with one attached hydrogen (secondary N) is 1. The molecule has 1 aliphatic rings. The van der Waals surface area contributed by atoms with Crippen LogP contribution in [0.4, 0.5) is 0 Å². The highest BCUT2D eigenvalue weighted by molar-refractivity contribution is 5.13. The highest BCUT2D eigenvalue weighted by Crippen LogP contribution is 2.07. The van der Waals surface area contributed by atoms with Gasteiger partial charge in [0.25, 0.3) is 0 Å². The van der Waals surface area contributed by atoms with E-state index in [0.29, 0.717) is 0 Å². The van der Waals surface area contributed by atoms with Gasteiger partial charge >= 0.3 is 0 Å². The summed E-state index contributed by atoms with van der Waals surface area (Å²) in [5, 5.41) is 3.40. The summed E-state index contributed by atoms with van der Waals surface area (Å²) < 4.78 is 10.7. The highest BCUT2D eigenvalue weighted by Gasteiger charge is 2.09. The zero-order chi connectivity index (χ0) is 11.2. The Hall–Kier alpha value is -0.840. The number of aryl methyl sites for hydroxylation is 1. The number of hydrogen-bond donors (Lipinski definition) is 1. The van der Waals surface area contributed by atoms with Crippen LogP contribution in [0.15, 0.2) is 16.7 Å². The van der Waals surface area contributed by atoms with Gasteiger partial charge in [0, 0.05) is 26.2 Å². The first-order valence-corrected chi connectivity index (χ1v) is 5.90. The third-order valence-electron chi connectivity index (χ3n) is 2.96. The van der Waals surface area contributed by atoms with Gasteiger partial charge in [0.05, 0.1) is 26.0 Å². The van der Waals surface area contributed by atoms with Crippen LogP contribution in [0.3, 0.4) is 0 Å². The first kappa shape index (κ1) is 11.6. The monoisotopic (exact) mass is 224 g/mol. The lowest BCUT2D eigenvalue weighted by atomic mass is 10.3. The molecule has 1 aliphatic heterocycles. The third kappa shape index (κ3) is 3.33. The molecule has 2 heterocycles. The van der Waals surface area contributed by atoms with E-state index >= 15 is 0 Å². The highest BCUT2D eigenvalue weighted by atomic mass is 16.5. The molecule has 1 aromatic rings. The van der Waals surface area contributed by atoms with Crippen LogP contribution in [0, 0.1) is 6.92 Å². The van der Waals surface area contributed by atoms with E-state index in [1.165, 1.54) is 5.56 Å². The Balaban J connectivity index is 1.59. The van der Waals surface area contributed by atoms with Gasteiger partial charge in [-0.2, -0.15) is 0 Å². The fourth-order valence-electron chi connectivity index (χ4n) is 1.85. The Kier molecular flexibility index (Phi) is 4.39. The Labute approximate surface area is 96.6 Å². The molecule has 1 aromatic heterocycles. The van der Waals surface area contributed by atoms with Crippen molar-refractivity contribution in [3.63, 3.8) is 0 Å². The van der Waals surface area contributed by atoms with Gasteiger partial charge in [0.15, 0.2) is 0 Å². The lowest BCUT2D eigenvalue weighted by molar-refractivity contribution is 0.0383. The zero-order valence-electron chi connectivity index (χ0n) is 9.87. The molecule has 0 amide bonds. The van der Waals surface area contributed by atoms with Gasteiger partial charge in [-0.3, -0.25) is 4.90 Å². The standard InChI is InChI=1S/C12H20N2O2/c1-11-2-7-16-12(11)10-13-3-4-14-5-8-15-9-6-14/h2,7,13H,3-6,8-10H2,1H3. The van der Waals surface area contributed by atoms with Crippen molar-refractivity contribution in [2.24, 2.45) is 0 Å². The van der Waals surface area contributed by atoms with Crippen LogP contribution in [-0.2, 0) is 11.3 Å². The number of hydrogen-bond acceptors (Lipinski definition) is 4. The van der Waals surface area contributed by atoms with Gasteiger partial charge in [-0.05, 0) is 18.6 Å². The Bertz CT molecular complexity index is 306. The smallest absolute Gasteiger partial charge is 0.120 e. The van der Waals surface area contributed by atoms with Crippen molar-refractivity contribution < 1.29 is 9.15 Å². The van der Waals surface area contributed by atoms with Crippen molar-refractivity contribution in [1.29, 1.82) is 0 Å². The number of morpholine rings is 1. The second-order valence-corrected chi connectivity index (χ2v) is 4.16. The van der Waals surface area contributed by atoms with E-state index in [9.17, 15) is 0 Å². The SMILES string of the molecule is Cc1ccoc1CNCCN1CCOCC1. The molecule has 0 spiro atoms. The predicted molar refractivity (Wildman–Crippen MR) is 62.4 cm³/mol. The molecule has 4 heteroatoms. The first-order valence-electron chi connectivity index (χ1n) is 5.90. The molecule has 0 aliphatic carbocycles. The summed E-state index contributed by atoms with van der Waals surface area (Å²) in [4.78, 5) is 2.42. The van der Waals surface area contributed by atoms with Crippen molar-refractivity contribution in [3.05, 3.63) is 23.7 Å². The van der Waals surface area contributed by atoms with Gasteiger partial charge in [-0.25, -0.2) is 0 Å². The summed E-state index contributed by atoms with van der Waals surface area (Å²) >= 11 is 0. The van der Waals surface area contributed by atoms with E-state index in [2.05, 4.69) is 17.1 Å². The Morgan fingerprint density at radius 1 is 1.38 bits per heavy atom. The van der Waals surface area contributed by atoms with Crippen LogP contribution in [0.5, 0.6) is 0 Å². The van der Waals surface area contributed by atoms with Crippen LogP contribution >= 0.6 is 0 Å². The number of furan rings is 1. The first-order chi connectivity index (χ1) is 7.86. The van der Waals surface area contributed by atoms with Gasteiger partial charge in [0.1, 0.15) is 5.76 Å². The van der Waals surface area contributed by atoms with E-state index < -0.39 is 0 Å². The van der Waals surface area contributed by atoms with Crippen molar-refractivity contribution in [2.75, 3.05) is 39.4 Å². The van der Waals surface area contributed by atoms with Gasteiger partial charge in [-0.15, -0.1) is 0 Å². The summed E-state index contributed by atoms with van der Waals surface area (Å²) in [7, 11) is 0. The quantitative estimate of drug-likeness (QED) is 0.757. The van der Waals surface area contributed by atoms with E-state index in [-0.39, 0.29) is 0 Å². The summed E-state index contributed by atoms with van der Waals surface area (Å²) in [5.74, 6) is 1.04. The molecule has 0 radical (unpaired) electrons. The second-order valence-electron chi connectivity index (χ2n) is 4.16. The molecular formula is C12H20N2O2. The molecule has 90 valence electrons. The Morgan fingerprint density at radius 2 is 2.19 bits per heavy atom. The van der Waals surface area contributed by atoms with Crippen molar-refractivity contribution in [2.45, 2.75) is 13.5 Å². The van der Waals surface area contributed by atoms with Crippen LogP contribution in [0.25, 0.3) is 0 Å². The normalized spacial score (nSPS) is 17.8.